The molecule has 0 saturated heterocycles. The van der Waals surface area contributed by atoms with E-state index in [4.69, 9.17) is 0 Å². The van der Waals surface area contributed by atoms with Crippen LogP contribution in [-0.2, 0) is 4.74 Å². The highest BCUT2D eigenvalue weighted by molar-refractivity contribution is 5.88. The average Bonchev–Trinajstić information content (AvgIpc) is 2.34. The van der Waals surface area contributed by atoms with Crippen LogP contribution < -0.4 is 5.32 Å². The number of anilines is 1. The van der Waals surface area contributed by atoms with Crippen LogP contribution in [0.4, 0.5) is 5.69 Å². The second kappa shape index (κ2) is 6.20. The molecule has 0 saturated carbocycles. The third-order valence-electron chi connectivity index (χ3n) is 2.51. The minimum absolute atomic E-state index is 0.0353. The van der Waals surface area contributed by atoms with Gasteiger partial charge in [0.15, 0.2) is 0 Å². The number of esters is 1. The van der Waals surface area contributed by atoms with E-state index in [0.717, 1.165) is 5.69 Å². The number of hydrogen-bond acceptors (Lipinski definition) is 5. The van der Waals surface area contributed by atoms with Crippen molar-refractivity contribution >= 4 is 11.7 Å². The SMILES string of the molecule is COC(=O)c1cc(N[C@H](CO)C(C)C)ccn1. The summed E-state index contributed by atoms with van der Waals surface area (Å²) in [4.78, 5) is 15.2. The van der Waals surface area contributed by atoms with Crippen molar-refractivity contribution in [2.75, 3.05) is 19.0 Å². The van der Waals surface area contributed by atoms with E-state index in [1.54, 1.807) is 12.1 Å². The summed E-state index contributed by atoms with van der Waals surface area (Å²) >= 11 is 0. The molecule has 0 aromatic carbocycles. The number of ether oxygens (including phenoxy) is 1. The lowest BCUT2D eigenvalue weighted by Crippen LogP contribution is -2.29. The van der Waals surface area contributed by atoms with Crippen LogP contribution in [0.15, 0.2) is 18.3 Å². The molecule has 0 bridgehead atoms. The fourth-order valence-electron chi connectivity index (χ4n) is 1.37. The third kappa shape index (κ3) is 3.71. The van der Waals surface area contributed by atoms with Crippen molar-refractivity contribution < 1.29 is 14.6 Å². The van der Waals surface area contributed by atoms with Gasteiger partial charge in [0.25, 0.3) is 0 Å². The molecular weight excluding hydrogens is 220 g/mol. The van der Waals surface area contributed by atoms with Crippen molar-refractivity contribution in [2.45, 2.75) is 19.9 Å². The highest BCUT2D eigenvalue weighted by atomic mass is 16.5. The zero-order valence-electron chi connectivity index (χ0n) is 10.3. The number of aromatic nitrogens is 1. The van der Waals surface area contributed by atoms with Crippen LogP contribution in [0.2, 0.25) is 0 Å². The van der Waals surface area contributed by atoms with Crippen molar-refractivity contribution in [3.8, 4) is 0 Å². The molecule has 1 rings (SSSR count). The normalized spacial score (nSPS) is 12.3. The first-order chi connectivity index (χ1) is 8.08. The first kappa shape index (κ1) is 13.4. The Morgan fingerprint density at radius 3 is 2.82 bits per heavy atom. The maximum atomic E-state index is 11.3. The smallest absolute Gasteiger partial charge is 0.356 e. The van der Waals surface area contributed by atoms with E-state index in [1.807, 2.05) is 13.8 Å². The molecule has 0 spiro atoms. The van der Waals surface area contributed by atoms with Crippen LogP contribution in [0.5, 0.6) is 0 Å². The van der Waals surface area contributed by atoms with Crippen LogP contribution >= 0.6 is 0 Å². The molecular formula is C12H18N2O3. The van der Waals surface area contributed by atoms with Gasteiger partial charge in [0.05, 0.1) is 19.8 Å². The summed E-state index contributed by atoms with van der Waals surface area (Å²) in [5.41, 5.74) is 0.992. The molecule has 0 unspecified atom stereocenters. The number of aliphatic hydroxyl groups is 1. The van der Waals surface area contributed by atoms with Crippen LogP contribution in [0, 0.1) is 5.92 Å². The Hall–Kier alpha value is -1.62. The van der Waals surface area contributed by atoms with E-state index in [2.05, 4.69) is 15.0 Å². The summed E-state index contributed by atoms with van der Waals surface area (Å²) in [6.07, 6.45) is 1.53. The Balaban J connectivity index is 2.81. The molecule has 1 aromatic rings. The molecule has 1 heterocycles. The van der Waals surface area contributed by atoms with Crippen LogP contribution in [-0.4, -0.2) is 35.8 Å². The number of methoxy groups -OCH3 is 1. The number of nitrogens with one attached hydrogen (secondary N) is 1. The monoisotopic (exact) mass is 238 g/mol. The lowest BCUT2D eigenvalue weighted by Gasteiger charge is -2.21. The Morgan fingerprint density at radius 2 is 2.29 bits per heavy atom. The number of carbonyl (C=O) groups is 1. The zero-order chi connectivity index (χ0) is 12.8. The summed E-state index contributed by atoms with van der Waals surface area (Å²) in [5, 5.41) is 12.4. The van der Waals surface area contributed by atoms with Gasteiger partial charge in [-0.2, -0.15) is 0 Å². The summed E-state index contributed by atoms with van der Waals surface area (Å²) in [7, 11) is 1.31. The number of rotatable bonds is 5. The minimum Gasteiger partial charge on any atom is -0.464 e. The fraction of sp³-hybridized carbons (Fsp3) is 0.500. The number of pyridine rings is 1. The van der Waals surface area contributed by atoms with Crippen molar-refractivity contribution in [1.82, 2.24) is 4.98 Å². The summed E-state index contributed by atoms with van der Waals surface area (Å²) in [6.45, 7) is 4.06. The predicted molar refractivity (Wildman–Crippen MR) is 64.9 cm³/mol. The van der Waals surface area contributed by atoms with E-state index in [-0.39, 0.29) is 24.3 Å². The molecule has 1 aromatic heterocycles. The predicted octanol–water partition coefficient (Wildman–Crippen LogP) is 1.30. The van der Waals surface area contributed by atoms with Gasteiger partial charge in [-0.15, -0.1) is 0 Å². The second-order valence-electron chi connectivity index (χ2n) is 4.10. The lowest BCUT2D eigenvalue weighted by atomic mass is 10.1. The molecule has 5 heteroatoms. The molecule has 0 aliphatic rings. The van der Waals surface area contributed by atoms with Gasteiger partial charge in [0.1, 0.15) is 5.69 Å². The molecule has 0 aliphatic carbocycles. The average molecular weight is 238 g/mol. The van der Waals surface area contributed by atoms with E-state index < -0.39 is 5.97 Å². The number of aliphatic hydroxyl groups excluding tert-OH is 1. The van der Waals surface area contributed by atoms with Crippen LogP contribution in [0.25, 0.3) is 0 Å². The Kier molecular flexibility index (Phi) is 4.90. The van der Waals surface area contributed by atoms with E-state index >= 15 is 0 Å². The van der Waals surface area contributed by atoms with Crippen molar-refractivity contribution in [1.29, 1.82) is 0 Å². The lowest BCUT2D eigenvalue weighted by molar-refractivity contribution is 0.0594. The summed E-state index contributed by atoms with van der Waals surface area (Å²) in [6, 6.07) is 3.30. The molecule has 0 fully saturated rings. The van der Waals surface area contributed by atoms with Crippen molar-refractivity contribution in [3.05, 3.63) is 24.0 Å². The molecule has 0 radical (unpaired) electrons. The first-order valence-corrected chi connectivity index (χ1v) is 5.50. The number of hydrogen-bond donors (Lipinski definition) is 2. The number of nitrogens with zero attached hydrogens (tertiary/aromatic N) is 1. The Morgan fingerprint density at radius 1 is 1.59 bits per heavy atom. The van der Waals surface area contributed by atoms with Gasteiger partial charge in [-0.3, -0.25) is 0 Å². The largest absolute Gasteiger partial charge is 0.464 e. The van der Waals surface area contributed by atoms with Gasteiger partial charge in [0.2, 0.25) is 0 Å². The van der Waals surface area contributed by atoms with E-state index in [9.17, 15) is 9.90 Å². The topological polar surface area (TPSA) is 71.5 Å². The molecule has 1 atom stereocenters. The van der Waals surface area contributed by atoms with Crippen molar-refractivity contribution in [2.24, 2.45) is 5.92 Å². The van der Waals surface area contributed by atoms with Gasteiger partial charge in [-0.1, -0.05) is 13.8 Å². The molecule has 0 amide bonds. The highest BCUT2D eigenvalue weighted by Gasteiger charge is 2.13. The van der Waals surface area contributed by atoms with Gasteiger partial charge in [-0.05, 0) is 18.1 Å². The van der Waals surface area contributed by atoms with Gasteiger partial charge < -0.3 is 15.2 Å². The maximum Gasteiger partial charge on any atom is 0.356 e. The second-order valence-corrected chi connectivity index (χ2v) is 4.10. The Bertz CT molecular complexity index is 380. The summed E-state index contributed by atoms with van der Waals surface area (Å²) in [5.74, 6) is -0.187. The van der Waals surface area contributed by atoms with Crippen LogP contribution in [0.3, 0.4) is 0 Å². The van der Waals surface area contributed by atoms with E-state index in [0.29, 0.717) is 0 Å². The van der Waals surface area contributed by atoms with Gasteiger partial charge in [-0.25, -0.2) is 9.78 Å². The maximum absolute atomic E-state index is 11.3. The van der Waals surface area contributed by atoms with E-state index in [1.165, 1.54) is 13.3 Å². The van der Waals surface area contributed by atoms with Gasteiger partial charge in [0, 0.05) is 11.9 Å². The quantitative estimate of drug-likeness (QED) is 0.756. The van der Waals surface area contributed by atoms with Crippen LogP contribution in [0.1, 0.15) is 24.3 Å². The zero-order valence-corrected chi connectivity index (χ0v) is 10.3. The minimum atomic E-state index is -0.473. The molecule has 94 valence electrons. The third-order valence-corrected chi connectivity index (χ3v) is 2.51. The standard InChI is InChI=1S/C12H18N2O3/c1-8(2)11(7-15)14-9-4-5-13-10(6-9)12(16)17-3/h4-6,8,11,15H,7H2,1-3H3,(H,13,14)/t11-/m1/s1. The molecule has 2 N–H and O–H groups in total. The first-order valence-electron chi connectivity index (χ1n) is 5.50. The highest BCUT2D eigenvalue weighted by Crippen LogP contribution is 2.13. The van der Waals surface area contributed by atoms with Crippen molar-refractivity contribution in [3.63, 3.8) is 0 Å². The molecule has 5 nitrogen and oxygen atoms in total. The van der Waals surface area contributed by atoms with Gasteiger partial charge >= 0.3 is 5.97 Å². The fourth-order valence-corrected chi connectivity index (χ4v) is 1.37. The molecule has 0 aliphatic heterocycles. The molecule has 17 heavy (non-hydrogen) atoms. The Labute approximate surface area is 101 Å². The summed E-state index contributed by atoms with van der Waals surface area (Å²) < 4.78 is 4.59. The number of carbonyl (C=O) groups excluding carboxylic acids is 1.